The molecule has 1 atom stereocenters. The highest BCUT2D eigenvalue weighted by molar-refractivity contribution is 7.20. The van der Waals surface area contributed by atoms with E-state index in [1.54, 1.807) is 0 Å². The van der Waals surface area contributed by atoms with E-state index < -0.39 is 0 Å². The predicted molar refractivity (Wildman–Crippen MR) is 82.4 cm³/mol. The zero-order valence-electron chi connectivity index (χ0n) is 11.5. The quantitative estimate of drug-likeness (QED) is 0.946. The van der Waals surface area contributed by atoms with Crippen molar-refractivity contribution in [1.82, 2.24) is 10.2 Å². The second-order valence-corrected chi connectivity index (χ2v) is 6.88. The third-order valence-corrected chi connectivity index (χ3v) is 5.25. The Labute approximate surface area is 126 Å². The summed E-state index contributed by atoms with van der Waals surface area (Å²) >= 11 is 1.50. The van der Waals surface area contributed by atoms with Crippen LogP contribution in [0.15, 0.2) is 30.3 Å². The lowest BCUT2D eigenvalue weighted by Crippen LogP contribution is -2.37. The summed E-state index contributed by atoms with van der Waals surface area (Å²) in [6, 6.07) is 10.3. The largest absolute Gasteiger partial charge is 0.346 e. The first-order valence-corrected chi connectivity index (χ1v) is 8.11. The van der Waals surface area contributed by atoms with Gasteiger partial charge in [-0.15, -0.1) is 11.3 Å². The Morgan fingerprint density at radius 2 is 2.10 bits per heavy atom. The van der Waals surface area contributed by atoms with E-state index in [1.807, 2.05) is 35.2 Å². The number of hydrogen-bond donors (Lipinski definition) is 1. The van der Waals surface area contributed by atoms with E-state index in [1.165, 1.54) is 11.3 Å². The number of nitrogens with zero attached hydrogens (tertiary/aromatic N) is 1. The number of carbonyl (C=O) groups is 2. The van der Waals surface area contributed by atoms with Gasteiger partial charge in [0.2, 0.25) is 5.91 Å². The van der Waals surface area contributed by atoms with Gasteiger partial charge in [0.25, 0.3) is 5.91 Å². The summed E-state index contributed by atoms with van der Waals surface area (Å²) in [5, 5.41) is 4.10. The van der Waals surface area contributed by atoms with Crippen LogP contribution in [-0.4, -0.2) is 35.3 Å². The van der Waals surface area contributed by atoms with Crippen LogP contribution in [0.4, 0.5) is 0 Å². The molecule has 108 valence electrons. The molecule has 1 saturated heterocycles. The molecule has 1 N–H and O–H groups in total. The zero-order chi connectivity index (χ0) is 14.4. The molecule has 5 heteroatoms. The fourth-order valence-corrected chi connectivity index (χ4v) is 3.88. The predicted octanol–water partition coefficient (Wildman–Crippen LogP) is 2.39. The minimum Gasteiger partial charge on any atom is -0.346 e. The zero-order valence-corrected chi connectivity index (χ0v) is 12.4. The first-order valence-electron chi connectivity index (χ1n) is 7.29. The average Bonchev–Trinajstić information content (AvgIpc) is 3.11. The molecule has 2 amide bonds. The summed E-state index contributed by atoms with van der Waals surface area (Å²) < 4.78 is 1.12. The molecule has 4 rings (SSSR count). The van der Waals surface area contributed by atoms with Crippen LogP contribution in [0, 0.1) is 0 Å². The van der Waals surface area contributed by atoms with E-state index >= 15 is 0 Å². The molecule has 4 nitrogen and oxygen atoms in total. The summed E-state index contributed by atoms with van der Waals surface area (Å²) in [5.74, 6) is 0.116. The average molecular weight is 300 g/mol. The summed E-state index contributed by atoms with van der Waals surface area (Å²) in [6.07, 6.45) is 2.67. The van der Waals surface area contributed by atoms with Crippen LogP contribution in [0.1, 0.15) is 28.9 Å². The van der Waals surface area contributed by atoms with Crippen molar-refractivity contribution in [3.63, 3.8) is 0 Å². The van der Waals surface area contributed by atoms with Crippen molar-refractivity contribution < 1.29 is 9.59 Å². The summed E-state index contributed by atoms with van der Waals surface area (Å²) in [6.45, 7) is 0.667. The highest BCUT2D eigenvalue weighted by Gasteiger charge is 2.39. The Kier molecular flexibility index (Phi) is 2.96. The van der Waals surface area contributed by atoms with Gasteiger partial charge in [-0.25, -0.2) is 0 Å². The molecule has 2 aliphatic rings. The van der Waals surface area contributed by atoms with Crippen molar-refractivity contribution in [1.29, 1.82) is 0 Å². The molecule has 1 unspecified atom stereocenters. The van der Waals surface area contributed by atoms with E-state index in [0.29, 0.717) is 23.9 Å². The highest BCUT2D eigenvalue weighted by atomic mass is 32.1. The van der Waals surface area contributed by atoms with Gasteiger partial charge in [-0.1, -0.05) is 18.2 Å². The molecule has 0 bridgehead atoms. The van der Waals surface area contributed by atoms with Crippen LogP contribution in [-0.2, 0) is 4.79 Å². The van der Waals surface area contributed by atoms with Crippen molar-refractivity contribution >= 4 is 33.2 Å². The van der Waals surface area contributed by atoms with Gasteiger partial charge >= 0.3 is 0 Å². The Balaban J connectivity index is 1.47. The van der Waals surface area contributed by atoms with Gasteiger partial charge in [-0.2, -0.15) is 0 Å². The molecule has 2 heterocycles. The number of amides is 2. The van der Waals surface area contributed by atoms with Crippen molar-refractivity contribution in [2.45, 2.75) is 31.3 Å². The van der Waals surface area contributed by atoms with Crippen LogP contribution in [0.3, 0.4) is 0 Å². The van der Waals surface area contributed by atoms with Crippen molar-refractivity contribution in [2.24, 2.45) is 0 Å². The lowest BCUT2D eigenvalue weighted by Gasteiger charge is -2.15. The van der Waals surface area contributed by atoms with Gasteiger partial charge in [-0.05, 0) is 30.4 Å². The maximum atomic E-state index is 12.3. The molecule has 1 aromatic heterocycles. The smallest absolute Gasteiger partial charge is 0.261 e. The Hall–Kier alpha value is -1.88. The first-order chi connectivity index (χ1) is 10.2. The van der Waals surface area contributed by atoms with Crippen LogP contribution < -0.4 is 5.32 Å². The van der Waals surface area contributed by atoms with E-state index in [-0.39, 0.29) is 17.9 Å². The number of thiophene rings is 1. The summed E-state index contributed by atoms with van der Waals surface area (Å²) in [4.78, 5) is 26.9. The van der Waals surface area contributed by atoms with Gasteiger partial charge < -0.3 is 10.2 Å². The van der Waals surface area contributed by atoms with Gasteiger partial charge in [-0.3, -0.25) is 9.59 Å². The maximum Gasteiger partial charge on any atom is 0.261 e. The Morgan fingerprint density at radius 1 is 1.29 bits per heavy atom. The number of hydrogen-bond acceptors (Lipinski definition) is 3. The van der Waals surface area contributed by atoms with Gasteiger partial charge in [0.1, 0.15) is 0 Å². The molecule has 2 aromatic rings. The number of benzene rings is 1. The molecule has 0 spiro atoms. The molecular formula is C16H16N2O2S. The van der Waals surface area contributed by atoms with Crippen LogP contribution in [0.25, 0.3) is 10.1 Å². The van der Waals surface area contributed by atoms with Crippen molar-refractivity contribution in [3.8, 4) is 0 Å². The number of nitrogens with one attached hydrogen (secondary N) is 1. The number of fused-ring (bicyclic) bond motifs is 1. The van der Waals surface area contributed by atoms with Crippen molar-refractivity contribution in [2.75, 3.05) is 6.54 Å². The molecule has 1 aliphatic carbocycles. The maximum absolute atomic E-state index is 12.3. The van der Waals surface area contributed by atoms with E-state index in [2.05, 4.69) is 5.32 Å². The van der Waals surface area contributed by atoms with E-state index in [9.17, 15) is 9.59 Å². The normalized spacial score (nSPS) is 22.0. The Morgan fingerprint density at radius 3 is 2.86 bits per heavy atom. The van der Waals surface area contributed by atoms with Gasteiger partial charge in [0.05, 0.1) is 10.9 Å². The number of rotatable bonds is 3. The second-order valence-electron chi connectivity index (χ2n) is 5.80. The summed E-state index contributed by atoms with van der Waals surface area (Å²) in [5.41, 5.74) is 0. The molecule has 1 saturated carbocycles. The molecule has 0 radical (unpaired) electrons. The van der Waals surface area contributed by atoms with E-state index in [4.69, 9.17) is 0 Å². The number of likely N-dealkylation sites (tertiary alicyclic amines) is 1. The van der Waals surface area contributed by atoms with Crippen LogP contribution in [0.2, 0.25) is 0 Å². The second kappa shape index (κ2) is 4.84. The molecule has 1 aromatic carbocycles. The minimum atomic E-state index is -0.0633. The lowest BCUT2D eigenvalue weighted by atomic mass is 10.2. The van der Waals surface area contributed by atoms with E-state index in [0.717, 1.165) is 22.9 Å². The monoisotopic (exact) mass is 300 g/mol. The third kappa shape index (κ3) is 2.42. The molecular weight excluding hydrogens is 284 g/mol. The molecule has 2 fully saturated rings. The third-order valence-electron chi connectivity index (χ3n) is 4.13. The SMILES string of the molecule is O=C(NC1CC(=O)N(C2CC2)C1)c1cc2ccccc2s1. The fraction of sp³-hybridized carbons (Fsp3) is 0.375. The topological polar surface area (TPSA) is 49.4 Å². The minimum absolute atomic E-state index is 0.0455. The molecule has 1 aliphatic heterocycles. The van der Waals surface area contributed by atoms with Crippen LogP contribution >= 0.6 is 11.3 Å². The number of carbonyl (C=O) groups excluding carboxylic acids is 2. The van der Waals surface area contributed by atoms with Gasteiger partial charge in [0, 0.05) is 23.7 Å². The summed E-state index contributed by atoms with van der Waals surface area (Å²) in [7, 11) is 0. The van der Waals surface area contributed by atoms with Gasteiger partial charge in [0.15, 0.2) is 0 Å². The van der Waals surface area contributed by atoms with Crippen LogP contribution in [0.5, 0.6) is 0 Å². The first kappa shape index (κ1) is 12.8. The Bertz CT molecular complexity index is 687. The fourth-order valence-electron chi connectivity index (χ4n) is 2.92. The standard InChI is InChI=1S/C16H16N2O2S/c19-15-8-11(9-18(15)12-5-6-12)17-16(20)14-7-10-3-1-2-4-13(10)21-14/h1-4,7,11-12H,5-6,8-9H2,(H,17,20). The molecule has 21 heavy (non-hydrogen) atoms. The highest BCUT2D eigenvalue weighted by Crippen LogP contribution is 2.31. The van der Waals surface area contributed by atoms with Crippen molar-refractivity contribution in [3.05, 3.63) is 35.2 Å². The lowest BCUT2D eigenvalue weighted by molar-refractivity contribution is -0.128.